The lowest BCUT2D eigenvalue weighted by atomic mass is 9.13. The van der Waals surface area contributed by atoms with Gasteiger partial charge in [-0.3, -0.25) is 0 Å². The van der Waals surface area contributed by atoms with Crippen LogP contribution in [0.1, 0.15) is 5.56 Å². The van der Waals surface area contributed by atoms with Gasteiger partial charge >= 0.3 is 0 Å². The lowest BCUT2D eigenvalue weighted by Crippen LogP contribution is -2.80. The van der Waals surface area contributed by atoms with Crippen LogP contribution in [0.4, 0.5) is 65.9 Å². The smallest absolute Gasteiger partial charge is 0.200 e. The third-order valence-corrected chi connectivity index (χ3v) is 6.46. The Hall–Kier alpha value is -4.05. The van der Waals surface area contributed by atoms with E-state index < -0.39 is 121 Å². The second-order valence-corrected chi connectivity index (χ2v) is 8.39. The van der Waals surface area contributed by atoms with Crippen LogP contribution in [0.15, 0.2) is 12.3 Å². The van der Waals surface area contributed by atoms with Gasteiger partial charge in [0.1, 0.15) is 41.0 Å². The minimum atomic E-state index is -5.76. The standard InChI is InChI=1S/C23H6BF15N/c1-4-2-3-40-23(4)24(5-8(25)14(31)20(37)15(32)9(5)26,6-10(27)16(33)21(38)17(34)11(6)28)7-12(29)18(35)22(39)19(36)13(7)30/h2-3,40H,1H3/q-1. The lowest BCUT2D eigenvalue weighted by Gasteiger charge is -2.44. The highest BCUT2D eigenvalue weighted by molar-refractivity contribution is 7.20. The monoisotopic (exact) mass is 592 g/mol. The van der Waals surface area contributed by atoms with Crippen molar-refractivity contribution in [1.29, 1.82) is 0 Å². The third kappa shape index (κ3) is 3.55. The quantitative estimate of drug-likeness (QED) is 0.152. The average molecular weight is 592 g/mol. The van der Waals surface area contributed by atoms with E-state index in [2.05, 4.69) is 0 Å². The summed E-state index contributed by atoms with van der Waals surface area (Å²) in [5, 5.41) is 0. The number of halogens is 15. The summed E-state index contributed by atoms with van der Waals surface area (Å²) in [5.41, 5.74) is -10.2. The van der Waals surface area contributed by atoms with Crippen LogP contribution in [-0.4, -0.2) is 11.1 Å². The number of aromatic nitrogens is 1. The van der Waals surface area contributed by atoms with Gasteiger partial charge in [0.25, 0.3) is 0 Å². The van der Waals surface area contributed by atoms with Crippen LogP contribution in [-0.2, 0) is 0 Å². The molecule has 40 heavy (non-hydrogen) atoms. The van der Waals surface area contributed by atoms with E-state index in [9.17, 15) is 39.5 Å². The van der Waals surface area contributed by atoms with Gasteiger partial charge in [0.2, 0.25) is 0 Å². The van der Waals surface area contributed by atoms with Gasteiger partial charge in [0.05, 0.1) is 0 Å². The molecule has 0 fully saturated rings. The van der Waals surface area contributed by atoms with E-state index in [0.29, 0.717) is 6.20 Å². The van der Waals surface area contributed by atoms with Crippen molar-refractivity contribution in [3.8, 4) is 0 Å². The van der Waals surface area contributed by atoms with E-state index in [1.807, 2.05) is 4.98 Å². The number of benzene rings is 3. The Morgan fingerprint density at radius 1 is 0.400 bits per heavy atom. The summed E-state index contributed by atoms with van der Waals surface area (Å²) in [7, 11) is 0. The van der Waals surface area contributed by atoms with Gasteiger partial charge in [-0.15, -0.1) is 22.0 Å². The fraction of sp³-hybridized carbons (Fsp3) is 0.0435. The number of hydrogen-bond acceptors (Lipinski definition) is 0. The fourth-order valence-electron chi connectivity index (χ4n) is 4.80. The molecule has 1 heterocycles. The number of aromatic amines is 1. The molecule has 0 saturated carbocycles. The van der Waals surface area contributed by atoms with E-state index >= 15 is 26.3 Å². The first kappa shape index (κ1) is 29.0. The first-order chi connectivity index (χ1) is 18.5. The maximum Gasteiger partial charge on any atom is 0.200 e. The third-order valence-electron chi connectivity index (χ3n) is 6.46. The van der Waals surface area contributed by atoms with E-state index in [0.717, 1.165) is 13.0 Å². The van der Waals surface area contributed by atoms with Crippen molar-refractivity contribution in [2.45, 2.75) is 6.92 Å². The molecule has 212 valence electrons. The van der Waals surface area contributed by atoms with Crippen LogP contribution >= 0.6 is 0 Å². The summed E-state index contributed by atoms with van der Waals surface area (Å²) >= 11 is 0. The predicted molar refractivity (Wildman–Crippen MR) is 109 cm³/mol. The number of nitrogens with one attached hydrogen (secondary N) is 1. The molecule has 0 amide bonds. The number of H-pyrrole nitrogens is 1. The zero-order chi connectivity index (χ0) is 30.2. The molecule has 0 bridgehead atoms. The van der Waals surface area contributed by atoms with E-state index in [1.165, 1.54) is 0 Å². The van der Waals surface area contributed by atoms with Crippen molar-refractivity contribution in [3.63, 3.8) is 0 Å². The summed E-state index contributed by atoms with van der Waals surface area (Å²) in [5.74, 6) is -45.6. The van der Waals surface area contributed by atoms with Gasteiger partial charge in [-0.2, -0.15) is 0 Å². The van der Waals surface area contributed by atoms with Gasteiger partial charge in [-0.05, 0) is 19.2 Å². The highest BCUT2D eigenvalue weighted by Gasteiger charge is 2.50. The Labute approximate surface area is 211 Å². The molecular weight excluding hydrogens is 586 g/mol. The first-order valence-corrected chi connectivity index (χ1v) is 10.4. The van der Waals surface area contributed by atoms with Crippen LogP contribution in [0, 0.1) is 94.2 Å². The topological polar surface area (TPSA) is 15.8 Å². The normalized spacial score (nSPS) is 12.0. The van der Waals surface area contributed by atoms with Crippen molar-refractivity contribution in [2.24, 2.45) is 0 Å². The Bertz CT molecular complexity index is 1470. The Kier molecular flexibility index (Phi) is 6.91. The van der Waals surface area contributed by atoms with E-state index in [1.54, 1.807) is 0 Å². The molecule has 1 aromatic heterocycles. The Morgan fingerprint density at radius 2 is 0.625 bits per heavy atom. The molecule has 0 atom stereocenters. The van der Waals surface area contributed by atoms with Gasteiger partial charge in [0.15, 0.2) is 52.4 Å². The van der Waals surface area contributed by atoms with Crippen molar-refractivity contribution in [1.82, 2.24) is 4.98 Å². The van der Waals surface area contributed by atoms with Crippen LogP contribution in [0.3, 0.4) is 0 Å². The summed E-state index contributed by atoms with van der Waals surface area (Å²) in [4.78, 5) is 1.88. The molecule has 4 rings (SSSR count). The molecule has 0 radical (unpaired) electrons. The van der Waals surface area contributed by atoms with Gasteiger partial charge in [-0.25, -0.2) is 65.9 Å². The highest BCUT2D eigenvalue weighted by Crippen LogP contribution is 2.28. The highest BCUT2D eigenvalue weighted by atomic mass is 19.2. The summed E-state index contributed by atoms with van der Waals surface area (Å²) in [6, 6.07) is 0.760. The van der Waals surface area contributed by atoms with Crippen molar-refractivity contribution >= 4 is 28.1 Å². The van der Waals surface area contributed by atoms with Gasteiger partial charge in [0, 0.05) is 0 Å². The van der Waals surface area contributed by atoms with Crippen molar-refractivity contribution in [2.75, 3.05) is 0 Å². The first-order valence-electron chi connectivity index (χ1n) is 10.4. The molecule has 1 N–H and O–H groups in total. The molecule has 0 aliphatic heterocycles. The zero-order valence-corrected chi connectivity index (χ0v) is 18.9. The molecule has 1 nitrogen and oxygen atoms in total. The summed E-state index contributed by atoms with van der Waals surface area (Å²) in [6.07, 6.45) is -5.11. The zero-order valence-electron chi connectivity index (χ0n) is 18.9. The van der Waals surface area contributed by atoms with Crippen molar-refractivity contribution in [3.05, 3.63) is 105 Å². The fourth-order valence-corrected chi connectivity index (χ4v) is 4.80. The Balaban J connectivity index is 2.56. The number of aryl methyl sites for hydroxylation is 1. The molecule has 0 aliphatic carbocycles. The van der Waals surface area contributed by atoms with Crippen LogP contribution in [0.25, 0.3) is 0 Å². The molecular formula is C23H6BF15N-. The van der Waals surface area contributed by atoms with E-state index in [4.69, 9.17) is 0 Å². The molecule has 0 aliphatic rings. The molecule has 3 aromatic carbocycles. The SMILES string of the molecule is Cc1cc[nH]c1[B-](c1c(F)c(F)c(F)c(F)c1F)(c1c(F)c(F)c(F)c(F)c1F)c1c(F)c(F)c(F)c(F)c1F. The lowest BCUT2D eigenvalue weighted by molar-refractivity contribution is 0.380. The molecule has 4 aromatic rings. The molecule has 0 spiro atoms. The maximum absolute atomic E-state index is 15.3. The van der Waals surface area contributed by atoms with Crippen LogP contribution in [0.2, 0.25) is 0 Å². The van der Waals surface area contributed by atoms with Gasteiger partial charge in [-0.1, -0.05) is 5.56 Å². The second-order valence-electron chi connectivity index (χ2n) is 8.39. The van der Waals surface area contributed by atoms with Crippen molar-refractivity contribution < 1.29 is 65.9 Å². The van der Waals surface area contributed by atoms with Gasteiger partial charge < -0.3 is 4.98 Å². The van der Waals surface area contributed by atoms with Crippen LogP contribution in [0.5, 0.6) is 0 Å². The summed E-state index contributed by atoms with van der Waals surface area (Å²) < 4.78 is 220. The predicted octanol–water partition coefficient (Wildman–Crippen LogP) is 4.79. The molecule has 17 heteroatoms. The minimum absolute atomic E-state index is 0.644. The molecule has 0 saturated heterocycles. The number of rotatable bonds is 4. The minimum Gasteiger partial charge on any atom is -0.401 e. The second kappa shape index (κ2) is 9.55. The molecule has 0 unspecified atom stereocenters. The Morgan fingerprint density at radius 3 is 0.825 bits per heavy atom. The van der Waals surface area contributed by atoms with E-state index in [-0.39, 0.29) is 0 Å². The summed E-state index contributed by atoms with van der Waals surface area (Å²) in [6.45, 7) is 0.784. The van der Waals surface area contributed by atoms with Crippen LogP contribution < -0.4 is 22.0 Å². The number of hydrogen-bond donors (Lipinski definition) is 1. The average Bonchev–Trinajstić information content (AvgIpc) is 3.36. The maximum atomic E-state index is 15.3. The largest absolute Gasteiger partial charge is 0.401 e.